The molecule has 0 saturated heterocycles. The molecule has 0 bridgehead atoms. The first kappa shape index (κ1) is 17.7. The number of nitrogens with zero attached hydrogens (tertiary/aromatic N) is 3. The topological polar surface area (TPSA) is 86.2 Å². The number of aromatic nitrogens is 3. The molecule has 0 unspecified atom stereocenters. The Morgan fingerprint density at radius 1 is 1.37 bits per heavy atom. The van der Waals surface area contributed by atoms with Gasteiger partial charge in [-0.1, -0.05) is 0 Å². The van der Waals surface area contributed by atoms with E-state index in [0.29, 0.717) is 18.8 Å². The van der Waals surface area contributed by atoms with E-state index < -0.39 is 0 Å². The number of aliphatic hydroxyl groups excluding tert-OH is 1. The summed E-state index contributed by atoms with van der Waals surface area (Å²) in [6.07, 6.45) is 0. The normalized spacial score (nSPS) is 14.5. The number of aromatic amines is 1. The average Bonchev–Trinajstić information content (AvgIpc) is 3.21. The minimum Gasteiger partial charge on any atom is -0.395 e. The van der Waals surface area contributed by atoms with Crippen molar-refractivity contribution >= 4 is 16.8 Å². The number of hydrogen-bond donors (Lipinski definition) is 3. The first-order chi connectivity index (χ1) is 13.0. The number of rotatable bonds is 5. The number of fused-ring (bicyclic) bond motifs is 2. The minimum absolute atomic E-state index is 0.0964. The van der Waals surface area contributed by atoms with E-state index in [0.717, 1.165) is 40.9 Å². The summed E-state index contributed by atoms with van der Waals surface area (Å²) in [4.78, 5) is 17.7. The lowest BCUT2D eigenvalue weighted by Crippen LogP contribution is -2.33. The Kier molecular flexibility index (Phi) is 4.67. The Bertz CT molecular complexity index is 994. The Hall–Kier alpha value is -2.71. The molecule has 1 aliphatic heterocycles. The number of hydrogen-bond acceptors (Lipinski definition) is 4. The van der Waals surface area contributed by atoms with Crippen molar-refractivity contribution in [1.29, 1.82) is 0 Å². The number of carbonyl (C=O) groups is 1. The average molecular weight is 371 g/mol. The summed E-state index contributed by atoms with van der Waals surface area (Å²) in [5, 5.41) is 16.7. The number of carbonyl (C=O) groups excluding carboxylic acids is 1. The maximum atomic E-state index is 13.5. The molecule has 8 heteroatoms. The molecule has 0 fully saturated rings. The monoisotopic (exact) mass is 371 g/mol. The van der Waals surface area contributed by atoms with Crippen molar-refractivity contribution in [3.8, 4) is 0 Å². The quantitative estimate of drug-likeness (QED) is 0.635. The van der Waals surface area contributed by atoms with Crippen LogP contribution in [0.1, 0.15) is 27.4 Å². The maximum Gasteiger partial charge on any atom is 0.271 e. The Morgan fingerprint density at radius 2 is 2.22 bits per heavy atom. The summed E-state index contributed by atoms with van der Waals surface area (Å²) in [5.41, 5.74) is 4.43. The van der Waals surface area contributed by atoms with Crippen molar-refractivity contribution in [3.63, 3.8) is 0 Å². The zero-order chi connectivity index (χ0) is 19.0. The number of nitrogens with one attached hydrogen (secondary N) is 2. The van der Waals surface area contributed by atoms with E-state index in [2.05, 4.69) is 20.3 Å². The number of halogens is 1. The van der Waals surface area contributed by atoms with Crippen molar-refractivity contribution in [2.75, 3.05) is 19.7 Å². The SMILES string of the molecule is Cc1c(CN2CCn3nc(C(=O)NCCO)cc3C2)[nH]c2ccc(F)cc12. The third-order valence-corrected chi connectivity index (χ3v) is 5.01. The van der Waals surface area contributed by atoms with Crippen LogP contribution in [0.15, 0.2) is 24.3 Å². The maximum absolute atomic E-state index is 13.5. The van der Waals surface area contributed by atoms with Gasteiger partial charge in [-0.2, -0.15) is 5.10 Å². The molecule has 0 atom stereocenters. The van der Waals surface area contributed by atoms with Crippen molar-refractivity contribution in [3.05, 3.63) is 52.7 Å². The molecule has 1 aliphatic rings. The largest absolute Gasteiger partial charge is 0.395 e. The van der Waals surface area contributed by atoms with Crippen LogP contribution in [0.3, 0.4) is 0 Å². The molecule has 2 aromatic heterocycles. The molecule has 7 nitrogen and oxygen atoms in total. The van der Waals surface area contributed by atoms with E-state index in [1.54, 1.807) is 18.2 Å². The van der Waals surface area contributed by atoms with Crippen LogP contribution in [0.25, 0.3) is 10.9 Å². The smallest absolute Gasteiger partial charge is 0.271 e. The van der Waals surface area contributed by atoms with Crippen molar-refractivity contribution in [1.82, 2.24) is 25.0 Å². The van der Waals surface area contributed by atoms with Crippen LogP contribution >= 0.6 is 0 Å². The van der Waals surface area contributed by atoms with Gasteiger partial charge in [-0.3, -0.25) is 14.4 Å². The molecule has 3 aromatic rings. The van der Waals surface area contributed by atoms with Gasteiger partial charge in [-0.15, -0.1) is 0 Å². The predicted octanol–water partition coefficient (Wildman–Crippen LogP) is 1.55. The fraction of sp³-hybridized carbons (Fsp3) is 0.368. The van der Waals surface area contributed by atoms with E-state index in [1.165, 1.54) is 6.07 Å². The zero-order valence-electron chi connectivity index (χ0n) is 15.1. The third kappa shape index (κ3) is 3.45. The number of benzene rings is 1. The summed E-state index contributed by atoms with van der Waals surface area (Å²) < 4.78 is 15.4. The van der Waals surface area contributed by atoms with Crippen molar-refractivity contribution in [2.24, 2.45) is 0 Å². The zero-order valence-corrected chi connectivity index (χ0v) is 15.1. The van der Waals surface area contributed by atoms with E-state index >= 15 is 0 Å². The molecule has 1 aromatic carbocycles. The van der Waals surface area contributed by atoms with Gasteiger partial charge in [0.15, 0.2) is 0 Å². The van der Waals surface area contributed by atoms with Crippen LogP contribution in [0, 0.1) is 12.7 Å². The first-order valence-corrected chi connectivity index (χ1v) is 9.00. The van der Waals surface area contributed by atoms with Crippen LogP contribution < -0.4 is 5.32 Å². The molecule has 3 heterocycles. The van der Waals surface area contributed by atoms with Gasteiger partial charge in [0.25, 0.3) is 5.91 Å². The molecule has 1 amide bonds. The van der Waals surface area contributed by atoms with Crippen LogP contribution in [-0.2, 0) is 19.6 Å². The second kappa shape index (κ2) is 7.13. The lowest BCUT2D eigenvalue weighted by molar-refractivity contribution is 0.0938. The highest BCUT2D eigenvalue weighted by molar-refractivity contribution is 5.92. The number of aryl methyl sites for hydroxylation is 1. The predicted molar refractivity (Wildman–Crippen MR) is 98.8 cm³/mol. The molecule has 142 valence electrons. The summed E-state index contributed by atoms with van der Waals surface area (Å²) in [6, 6.07) is 6.59. The van der Waals surface area contributed by atoms with E-state index in [9.17, 15) is 9.18 Å². The molecule has 0 aliphatic carbocycles. The Balaban J connectivity index is 1.49. The standard InChI is InChI=1S/C19H22FN5O2/c1-12-15-8-13(20)2-3-16(15)22-18(12)11-24-5-6-25-14(10-24)9-17(23-25)19(27)21-4-7-26/h2-3,8-9,22,26H,4-7,10-11H2,1H3,(H,21,27). The molecular formula is C19H22FN5O2. The van der Waals surface area contributed by atoms with Crippen LogP contribution in [0.5, 0.6) is 0 Å². The van der Waals surface area contributed by atoms with E-state index in [4.69, 9.17) is 5.11 Å². The van der Waals surface area contributed by atoms with Gasteiger partial charge in [-0.05, 0) is 36.8 Å². The second-order valence-corrected chi connectivity index (χ2v) is 6.85. The highest BCUT2D eigenvalue weighted by Crippen LogP contribution is 2.25. The summed E-state index contributed by atoms with van der Waals surface area (Å²) in [6.45, 7) is 5.05. The van der Waals surface area contributed by atoms with Gasteiger partial charge in [-0.25, -0.2) is 4.39 Å². The molecule has 4 rings (SSSR count). The minimum atomic E-state index is -0.272. The van der Waals surface area contributed by atoms with Crippen molar-refractivity contribution in [2.45, 2.75) is 26.6 Å². The summed E-state index contributed by atoms with van der Waals surface area (Å²) in [7, 11) is 0. The second-order valence-electron chi connectivity index (χ2n) is 6.85. The van der Waals surface area contributed by atoms with E-state index in [-0.39, 0.29) is 24.9 Å². The molecular weight excluding hydrogens is 349 g/mol. The number of aliphatic hydroxyl groups is 1. The van der Waals surface area contributed by atoms with Crippen LogP contribution in [0.2, 0.25) is 0 Å². The molecule has 0 saturated carbocycles. The fourth-order valence-electron chi connectivity index (χ4n) is 3.56. The lowest BCUT2D eigenvalue weighted by Gasteiger charge is -2.27. The van der Waals surface area contributed by atoms with Gasteiger partial charge in [0.1, 0.15) is 11.5 Å². The van der Waals surface area contributed by atoms with Gasteiger partial charge in [0.05, 0.1) is 18.8 Å². The van der Waals surface area contributed by atoms with Gasteiger partial charge in [0.2, 0.25) is 0 Å². The highest BCUT2D eigenvalue weighted by Gasteiger charge is 2.22. The Morgan fingerprint density at radius 3 is 3.04 bits per heavy atom. The van der Waals surface area contributed by atoms with Gasteiger partial charge < -0.3 is 15.4 Å². The van der Waals surface area contributed by atoms with Gasteiger partial charge in [0, 0.05) is 42.8 Å². The van der Waals surface area contributed by atoms with Crippen LogP contribution in [-0.4, -0.2) is 50.4 Å². The summed E-state index contributed by atoms with van der Waals surface area (Å²) >= 11 is 0. The molecule has 0 spiro atoms. The number of H-pyrrole nitrogens is 1. The summed E-state index contributed by atoms with van der Waals surface area (Å²) in [5.74, 6) is -0.504. The molecule has 0 radical (unpaired) electrons. The fourth-order valence-corrected chi connectivity index (χ4v) is 3.56. The van der Waals surface area contributed by atoms with Crippen LogP contribution in [0.4, 0.5) is 4.39 Å². The molecule has 3 N–H and O–H groups in total. The third-order valence-electron chi connectivity index (χ3n) is 5.01. The number of amides is 1. The van der Waals surface area contributed by atoms with E-state index in [1.807, 2.05) is 11.6 Å². The van der Waals surface area contributed by atoms with Gasteiger partial charge >= 0.3 is 0 Å². The lowest BCUT2D eigenvalue weighted by atomic mass is 10.1. The van der Waals surface area contributed by atoms with Crippen molar-refractivity contribution < 1.29 is 14.3 Å². The highest BCUT2D eigenvalue weighted by atomic mass is 19.1. The first-order valence-electron chi connectivity index (χ1n) is 9.00. The molecule has 27 heavy (non-hydrogen) atoms. The Labute approximate surface area is 155 Å².